The van der Waals surface area contributed by atoms with E-state index in [1.165, 1.54) is 0 Å². The number of aromatic nitrogens is 1. The highest BCUT2D eigenvalue weighted by molar-refractivity contribution is 5.77. The zero-order chi connectivity index (χ0) is 16.2. The number of nitriles is 1. The molecule has 0 aromatic carbocycles. The first-order valence-electron chi connectivity index (χ1n) is 6.12. The van der Waals surface area contributed by atoms with E-state index in [2.05, 4.69) is 10.3 Å². The number of nitrogens with one attached hydrogen (secondary N) is 1. The maximum atomic E-state index is 12.6. The molecule has 0 spiro atoms. The summed E-state index contributed by atoms with van der Waals surface area (Å²) in [7, 11) is 0. The molecule has 0 unspecified atom stereocenters. The highest BCUT2D eigenvalue weighted by Crippen LogP contribution is 2.29. The Kier molecular flexibility index (Phi) is 5.13. The Hall–Kier alpha value is -2.30. The summed E-state index contributed by atoms with van der Waals surface area (Å²) in [5.41, 5.74) is -1.32. The molecule has 21 heavy (non-hydrogen) atoms. The van der Waals surface area contributed by atoms with Crippen molar-refractivity contribution in [3.63, 3.8) is 0 Å². The van der Waals surface area contributed by atoms with E-state index in [9.17, 15) is 18.0 Å². The van der Waals surface area contributed by atoms with Gasteiger partial charge in [-0.05, 0) is 24.5 Å². The third-order valence-corrected chi connectivity index (χ3v) is 2.62. The van der Waals surface area contributed by atoms with Gasteiger partial charge in [-0.25, -0.2) is 9.78 Å². The van der Waals surface area contributed by atoms with Gasteiger partial charge in [0.05, 0.1) is 5.56 Å². The van der Waals surface area contributed by atoms with E-state index in [0.717, 1.165) is 6.07 Å². The molecule has 5 nitrogen and oxygen atoms in total. The molecule has 0 bridgehead atoms. The van der Waals surface area contributed by atoms with Gasteiger partial charge in [0.25, 0.3) is 0 Å². The summed E-state index contributed by atoms with van der Waals surface area (Å²) in [5.74, 6) is -1.58. The monoisotopic (exact) mass is 301 g/mol. The first-order valence-corrected chi connectivity index (χ1v) is 6.12. The van der Waals surface area contributed by atoms with E-state index in [0.29, 0.717) is 6.07 Å². The first-order chi connectivity index (χ1) is 9.65. The van der Waals surface area contributed by atoms with Gasteiger partial charge in [-0.2, -0.15) is 18.4 Å². The Morgan fingerprint density at radius 2 is 2.10 bits per heavy atom. The quantitative estimate of drug-likeness (QED) is 0.873. The molecule has 2 N–H and O–H groups in total. The maximum absolute atomic E-state index is 12.6. The molecule has 1 heterocycles. The largest absolute Gasteiger partial charge is 0.480 e. The highest BCUT2D eigenvalue weighted by atomic mass is 19.4. The molecule has 0 saturated heterocycles. The number of alkyl halides is 3. The van der Waals surface area contributed by atoms with Crippen molar-refractivity contribution in [3.05, 3.63) is 23.4 Å². The molecule has 0 aliphatic carbocycles. The topological polar surface area (TPSA) is 86.0 Å². The number of rotatable bonds is 5. The number of carbonyl (C=O) groups is 1. The van der Waals surface area contributed by atoms with Crippen LogP contribution in [0.1, 0.15) is 31.5 Å². The summed E-state index contributed by atoms with van der Waals surface area (Å²) < 4.78 is 37.9. The van der Waals surface area contributed by atoms with Crippen molar-refractivity contribution < 1.29 is 23.1 Å². The summed E-state index contributed by atoms with van der Waals surface area (Å²) in [6.45, 7) is 3.56. The number of pyridine rings is 1. The minimum Gasteiger partial charge on any atom is -0.480 e. The third kappa shape index (κ3) is 4.63. The average molecular weight is 301 g/mol. The number of nitrogens with zero attached hydrogens (tertiary/aromatic N) is 2. The second kappa shape index (κ2) is 6.43. The zero-order valence-electron chi connectivity index (χ0n) is 11.4. The lowest BCUT2D eigenvalue weighted by molar-refractivity contribution is -0.141. The summed E-state index contributed by atoms with van der Waals surface area (Å²) in [4.78, 5) is 14.4. The van der Waals surface area contributed by atoms with E-state index >= 15 is 0 Å². The molecule has 0 aliphatic heterocycles. The molecule has 0 radical (unpaired) electrons. The van der Waals surface area contributed by atoms with Gasteiger partial charge in [0, 0.05) is 0 Å². The van der Waals surface area contributed by atoms with E-state index in [4.69, 9.17) is 10.4 Å². The SMILES string of the molecule is CC(C)C[C@H](Nc1nc(C(F)(F)F)ccc1C#N)C(=O)O. The molecule has 0 fully saturated rings. The number of hydrogen-bond donors (Lipinski definition) is 2. The molecular weight excluding hydrogens is 287 g/mol. The molecule has 114 valence electrons. The zero-order valence-corrected chi connectivity index (χ0v) is 11.4. The number of anilines is 1. The Morgan fingerprint density at radius 3 is 2.52 bits per heavy atom. The lowest BCUT2D eigenvalue weighted by Gasteiger charge is -2.18. The predicted molar refractivity (Wildman–Crippen MR) is 68.5 cm³/mol. The summed E-state index contributed by atoms with van der Waals surface area (Å²) in [6, 6.07) is 2.22. The minimum absolute atomic E-state index is 0.00920. The van der Waals surface area contributed by atoms with E-state index < -0.39 is 23.9 Å². The van der Waals surface area contributed by atoms with Crippen LogP contribution in [0.25, 0.3) is 0 Å². The Morgan fingerprint density at radius 1 is 1.48 bits per heavy atom. The number of halogens is 3. The molecule has 1 aromatic heterocycles. The van der Waals surface area contributed by atoms with E-state index in [-0.39, 0.29) is 23.7 Å². The van der Waals surface area contributed by atoms with Crippen molar-refractivity contribution in [2.75, 3.05) is 5.32 Å². The van der Waals surface area contributed by atoms with Crippen molar-refractivity contribution in [1.82, 2.24) is 4.98 Å². The van der Waals surface area contributed by atoms with Gasteiger partial charge < -0.3 is 10.4 Å². The van der Waals surface area contributed by atoms with Crippen LogP contribution in [0.15, 0.2) is 12.1 Å². The fourth-order valence-electron chi connectivity index (χ4n) is 1.68. The fourth-order valence-corrected chi connectivity index (χ4v) is 1.68. The number of carboxylic acids is 1. The fraction of sp³-hybridized carbons (Fsp3) is 0.462. The van der Waals surface area contributed by atoms with Crippen molar-refractivity contribution >= 4 is 11.8 Å². The highest BCUT2D eigenvalue weighted by Gasteiger charge is 2.33. The molecule has 8 heteroatoms. The van der Waals surface area contributed by atoms with Crippen LogP contribution in [0, 0.1) is 17.2 Å². The lowest BCUT2D eigenvalue weighted by Crippen LogP contribution is -2.31. The molecule has 1 aromatic rings. The van der Waals surface area contributed by atoms with Gasteiger partial charge in [-0.1, -0.05) is 13.8 Å². The summed E-state index contributed by atoms with van der Waals surface area (Å²) in [5, 5.41) is 20.4. The normalized spacial score (nSPS) is 12.8. The smallest absolute Gasteiger partial charge is 0.433 e. The van der Waals surface area contributed by atoms with Gasteiger partial charge >= 0.3 is 12.1 Å². The average Bonchev–Trinajstić information content (AvgIpc) is 2.36. The van der Waals surface area contributed by atoms with Gasteiger partial charge in [0.2, 0.25) is 0 Å². The van der Waals surface area contributed by atoms with Crippen LogP contribution >= 0.6 is 0 Å². The van der Waals surface area contributed by atoms with Crippen molar-refractivity contribution in [1.29, 1.82) is 5.26 Å². The Labute approximate surface area is 119 Å². The standard InChI is InChI=1S/C13H14F3N3O2/c1-7(2)5-9(12(20)21)18-11-8(6-17)3-4-10(19-11)13(14,15)16/h3-4,7,9H,5H2,1-2H3,(H,18,19)(H,20,21)/t9-/m0/s1. The van der Waals surface area contributed by atoms with Crippen molar-refractivity contribution in [2.45, 2.75) is 32.5 Å². The van der Waals surface area contributed by atoms with Crippen LogP contribution in [0.4, 0.5) is 19.0 Å². The van der Waals surface area contributed by atoms with Crippen LogP contribution in [0.3, 0.4) is 0 Å². The molecule has 0 aliphatic rings. The summed E-state index contributed by atoms with van der Waals surface area (Å²) >= 11 is 0. The Balaban J connectivity index is 3.15. The van der Waals surface area contributed by atoms with Gasteiger partial charge in [-0.15, -0.1) is 0 Å². The second-order valence-corrected chi connectivity index (χ2v) is 4.87. The van der Waals surface area contributed by atoms with Crippen LogP contribution < -0.4 is 5.32 Å². The minimum atomic E-state index is -4.67. The van der Waals surface area contributed by atoms with Crippen LogP contribution in [0.5, 0.6) is 0 Å². The molecule has 0 amide bonds. The number of hydrogen-bond acceptors (Lipinski definition) is 4. The second-order valence-electron chi connectivity index (χ2n) is 4.87. The molecule has 1 rings (SSSR count). The van der Waals surface area contributed by atoms with Gasteiger partial charge in [-0.3, -0.25) is 0 Å². The number of aliphatic carboxylic acids is 1. The van der Waals surface area contributed by atoms with Crippen molar-refractivity contribution in [3.8, 4) is 6.07 Å². The van der Waals surface area contributed by atoms with E-state index in [1.807, 2.05) is 0 Å². The van der Waals surface area contributed by atoms with Crippen LogP contribution in [0.2, 0.25) is 0 Å². The first kappa shape index (κ1) is 16.8. The Bertz CT molecular complexity index is 565. The molecule has 0 saturated carbocycles. The van der Waals surface area contributed by atoms with Gasteiger partial charge in [0.1, 0.15) is 23.6 Å². The predicted octanol–water partition coefficient (Wildman–Crippen LogP) is 2.88. The molecule has 1 atom stereocenters. The number of carboxylic acid groups (broad SMARTS) is 1. The van der Waals surface area contributed by atoms with Crippen LogP contribution in [-0.2, 0) is 11.0 Å². The van der Waals surface area contributed by atoms with E-state index in [1.54, 1.807) is 19.9 Å². The summed E-state index contributed by atoms with van der Waals surface area (Å²) in [6.07, 6.45) is -4.47. The van der Waals surface area contributed by atoms with Crippen LogP contribution in [-0.4, -0.2) is 22.1 Å². The lowest BCUT2D eigenvalue weighted by atomic mass is 10.0. The van der Waals surface area contributed by atoms with Gasteiger partial charge in [0.15, 0.2) is 0 Å². The molecular formula is C13H14F3N3O2. The third-order valence-electron chi connectivity index (χ3n) is 2.62. The van der Waals surface area contributed by atoms with Crippen molar-refractivity contribution in [2.24, 2.45) is 5.92 Å². The maximum Gasteiger partial charge on any atom is 0.433 e.